The Balaban J connectivity index is 1.63. The second kappa shape index (κ2) is 6.33. The summed E-state index contributed by atoms with van der Waals surface area (Å²) in [7, 11) is 0. The molecule has 2 heterocycles. The fraction of sp³-hybridized carbons (Fsp3) is 0.667. The van der Waals surface area contributed by atoms with Crippen molar-refractivity contribution in [2.45, 2.75) is 13.0 Å². The zero-order chi connectivity index (χ0) is 11.2. The molecule has 0 bridgehead atoms. The van der Waals surface area contributed by atoms with Crippen LogP contribution in [-0.4, -0.2) is 42.6 Å². The van der Waals surface area contributed by atoms with Crippen molar-refractivity contribution in [1.82, 2.24) is 10.2 Å². The molecule has 16 heavy (non-hydrogen) atoms. The lowest BCUT2D eigenvalue weighted by atomic mass is 10.2. The van der Waals surface area contributed by atoms with E-state index in [0.717, 1.165) is 18.8 Å². The van der Waals surface area contributed by atoms with E-state index in [1.54, 1.807) is 6.26 Å². The first kappa shape index (κ1) is 12.0. The summed E-state index contributed by atoms with van der Waals surface area (Å²) < 4.78 is 5.36. The summed E-state index contributed by atoms with van der Waals surface area (Å²) in [4.78, 5) is 2.53. The molecule has 0 aromatic carbocycles. The third-order valence-corrected chi connectivity index (χ3v) is 3.89. The third-order valence-electron chi connectivity index (χ3n) is 2.95. The monoisotopic (exact) mass is 240 g/mol. The largest absolute Gasteiger partial charge is 0.468 e. The Hall–Kier alpha value is -0.450. The maximum absolute atomic E-state index is 5.36. The van der Waals surface area contributed by atoms with E-state index in [9.17, 15) is 0 Å². The summed E-state index contributed by atoms with van der Waals surface area (Å²) in [5.74, 6) is 3.59. The first-order valence-corrected chi connectivity index (χ1v) is 7.08. The second-order valence-corrected chi connectivity index (χ2v) is 5.37. The molecule has 1 aliphatic heterocycles. The highest BCUT2D eigenvalue weighted by Gasteiger charge is 2.11. The molecule has 1 unspecified atom stereocenters. The molecule has 0 amide bonds. The van der Waals surface area contributed by atoms with Crippen molar-refractivity contribution in [3.8, 4) is 0 Å². The van der Waals surface area contributed by atoms with Gasteiger partial charge < -0.3 is 14.6 Å². The van der Waals surface area contributed by atoms with Crippen LogP contribution in [0.3, 0.4) is 0 Å². The van der Waals surface area contributed by atoms with Crippen LogP contribution in [0, 0.1) is 0 Å². The van der Waals surface area contributed by atoms with Gasteiger partial charge in [0.2, 0.25) is 0 Å². The molecule has 4 heteroatoms. The molecule has 0 spiro atoms. The lowest BCUT2D eigenvalue weighted by Gasteiger charge is -2.26. The van der Waals surface area contributed by atoms with Gasteiger partial charge >= 0.3 is 0 Å². The topological polar surface area (TPSA) is 28.4 Å². The highest BCUT2D eigenvalue weighted by atomic mass is 32.2. The maximum atomic E-state index is 5.36. The highest BCUT2D eigenvalue weighted by Crippen LogP contribution is 2.12. The lowest BCUT2D eigenvalue weighted by Crippen LogP contribution is -2.38. The summed E-state index contributed by atoms with van der Waals surface area (Å²) in [6.45, 7) is 6.80. The van der Waals surface area contributed by atoms with Crippen molar-refractivity contribution < 1.29 is 4.42 Å². The van der Waals surface area contributed by atoms with E-state index in [-0.39, 0.29) is 0 Å². The molecule has 0 aliphatic carbocycles. The number of hydrogen-bond acceptors (Lipinski definition) is 4. The van der Waals surface area contributed by atoms with Gasteiger partial charge in [-0.1, -0.05) is 0 Å². The zero-order valence-corrected chi connectivity index (χ0v) is 10.6. The Bertz CT molecular complexity index is 283. The second-order valence-electron chi connectivity index (χ2n) is 4.15. The lowest BCUT2D eigenvalue weighted by molar-refractivity contribution is 0.293. The molecule has 1 atom stereocenters. The Morgan fingerprint density at radius 1 is 1.50 bits per heavy atom. The van der Waals surface area contributed by atoms with Gasteiger partial charge in [0.1, 0.15) is 5.76 Å². The highest BCUT2D eigenvalue weighted by molar-refractivity contribution is 7.99. The summed E-state index contributed by atoms with van der Waals surface area (Å²) in [5, 5.41) is 3.49. The number of nitrogens with one attached hydrogen (secondary N) is 1. The van der Waals surface area contributed by atoms with E-state index >= 15 is 0 Å². The van der Waals surface area contributed by atoms with Crippen LogP contribution in [0.15, 0.2) is 22.8 Å². The van der Waals surface area contributed by atoms with Gasteiger partial charge in [0, 0.05) is 37.7 Å². The van der Waals surface area contributed by atoms with Crippen molar-refractivity contribution in [3.63, 3.8) is 0 Å². The minimum absolute atomic E-state index is 0.314. The van der Waals surface area contributed by atoms with Gasteiger partial charge in [-0.25, -0.2) is 0 Å². The Labute approximate surface area is 102 Å². The molecule has 1 fully saturated rings. The average molecular weight is 240 g/mol. The molecule has 1 saturated heterocycles. The van der Waals surface area contributed by atoms with Crippen molar-refractivity contribution in [3.05, 3.63) is 24.2 Å². The van der Waals surface area contributed by atoms with Crippen molar-refractivity contribution in [1.29, 1.82) is 0 Å². The molecule has 1 N–H and O–H groups in total. The fourth-order valence-electron chi connectivity index (χ4n) is 1.90. The molecular weight excluding hydrogens is 220 g/mol. The first-order chi connectivity index (χ1) is 7.86. The smallest absolute Gasteiger partial charge is 0.120 e. The molecule has 3 nitrogen and oxygen atoms in total. The van der Waals surface area contributed by atoms with Gasteiger partial charge in [-0.15, -0.1) is 0 Å². The molecule has 2 rings (SSSR count). The van der Waals surface area contributed by atoms with Gasteiger partial charge in [-0.05, 0) is 19.1 Å². The van der Waals surface area contributed by atoms with Crippen molar-refractivity contribution in [2.24, 2.45) is 0 Å². The minimum Gasteiger partial charge on any atom is -0.468 e. The third kappa shape index (κ3) is 3.54. The summed E-state index contributed by atoms with van der Waals surface area (Å²) in [6.07, 6.45) is 1.73. The number of furan rings is 1. The molecular formula is C12H20N2OS. The fourth-order valence-corrected chi connectivity index (χ4v) is 2.88. The van der Waals surface area contributed by atoms with E-state index in [1.165, 1.54) is 24.6 Å². The SMILES string of the molecule is CC(NCCN1CCSCC1)c1ccco1. The Morgan fingerprint density at radius 2 is 2.31 bits per heavy atom. The summed E-state index contributed by atoms with van der Waals surface area (Å²) >= 11 is 2.06. The van der Waals surface area contributed by atoms with Gasteiger partial charge in [-0.2, -0.15) is 11.8 Å². The van der Waals surface area contributed by atoms with E-state index in [0.29, 0.717) is 6.04 Å². The number of nitrogens with zero attached hydrogens (tertiary/aromatic N) is 1. The Morgan fingerprint density at radius 3 is 3.00 bits per heavy atom. The van der Waals surface area contributed by atoms with Crippen LogP contribution in [0.25, 0.3) is 0 Å². The first-order valence-electron chi connectivity index (χ1n) is 5.93. The van der Waals surface area contributed by atoms with Crippen LogP contribution < -0.4 is 5.32 Å². The van der Waals surface area contributed by atoms with Crippen LogP contribution in [0.1, 0.15) is 18.7 Å². The predicted octanol–water partition coefficient (Wildman–Crippen LogP) is 1.98. The zero-order valence-electron chi connectivity index (χ0n) is 9.82. The van der Waals surface area contributed by atoms with Crippen molar-refractivity contribution >= 4 is 11.8 Å². The molecule has 0 radical (unpaired) electrons. The van der Waals surface area contributed by atoms with E-state index < -0.39 is 0 Å². The van der Waals surface area contributed by atoms with Gasteiger partial charge in [0.15, 0.2) is 0 Å². The van der Waals surface area contributed by atoms with Crippen LogP contribution in [0.5, 0.6) is 0 Å². The van der Waals surface area contributed by atoms with Crippen LogP contribution in [-0.2, 0) is 0 Å². The summed E-state index contributed by atoms with van der Waals surface area (Å²) in [6, 6.07) is 4.28. The molecule has 0 saturated carbocycles. The van der Waals surface area contributed by atoms with Gasteiger partial charge in [-0.3, -0.25) is 0 Å². The number of rotatable bonds is 5. The molecule has 90 valence electrons. The quantitative estimate of drug-likeness (QED) is 0.852. The van der Waals surface area contributed by atoms with Crippen LogP contribution in [0.2, 0.25) is 0 Å². The predicted molar refractivity (Wildman–Crippen MR) is 68.9 cm³/mol. The molecule has 1 aliphatic rings. The molecule has 1 aromatic rings. The maximum Gasteiger partial charge on any atom is 0.120 e. The van der Waals surface area contributed by atoms with Gasteiger partial charge in [0.25, 0.3) is 0 Å². The molecule has 1 aromatic heterocycles. The van der Waals surface area contributed by atoms with Crippen LogP contribution in [0.4, 0.5) is 0 Å². The average Bonchev–Trinajstić information content (AvgIpc) is 2.84. The van der Waals surface area contributed by atoms with E-state index in [1.807, 2.05) is 12.1 Å². The Kier molecular flexibility index (Phi) is 4.75. The normalized spacial score (nSPS) is 19.8. The van der Waals surface area contributed by atoms with Gasteiger partial charge in [0.05, 0.1) is 12.3 Å². The summed E-state index contributed by atoms with van der Waals surface area (Å²) in [5.41, 5.74) is 0. The van der Waals surface area contributed by atoms with Crippen LogP contribution >= 0.6 is 11.8 Å². The minimum atomic E-state index is 0.314. The standard InChI is InChI=1S/C12H20N2OS/c1-11(12-3-2-8-15-12)13-4-5-14-6-9-16-10-7-14/h2-3,8,11,13H,4-7,9-10H2,1H3. The number of thioether (sulfide) groups is 1. The van der Waals surface area contributed by atoms with E-state index in [4.69, 9.17) is 4.42 Å². The number of hydrogen-bond donors (Lipinski definition) is 1. The van der Waals surface area contributed by atoms with Crippen molar-refractivity contribution in [2.75, 3.05) is 37.7 Å². The van der Waals surface area contributed by atoms with E-state index in [2.05, 4.69) is 28.9 Å².